The smallest absolute Gasteiger partial charge is 0.387 e. The van der Waals surface area contributed by atoms with Gasteiger partial charge in [0.05, 0.1) is 39.9 Å². The molecule has 3 N–H and O–H groups in total. The summed E-state index contributed by atoms with van der Waals surface area (Å²) in [6, 6.07) is -0.878. The molecule has 0 aromatic rings. The van der Waals surface area contributed by atoms with Crippen LogP contribution in [0.1, 0.15) is 142 Å². The number of quaternary nitrogens is 1. The zero-order chi connectivity index (χ0) is 34.4. The zero-order valence-electron chi connectivity index (χ0n) is 30.3. The molecule has 3 atom stereocenters. The molecule has 8 nitrogen and oxygen atoms in total. The van der Waals surface area contributed by atoms with Crippen molar-refractivity contribution in [2.24, 2.45) is 0 Å². The first-order valence-electron chi connectivity index (χ1n) is 18.4. The van der Waals surface area contributed by atoms with E-state index >= 15 is 0 Å². The van der Waals surface area contributed by atoms with E-state index in [4.69, 9.17) is 9.05 Å². The third-order valence-electron chi connectivity index (χ3n) is 7.89. The molecule has 46 heavy (non-hydrogen) atoms. The number of aliphatic hydroxyl groups is 1. The number of unbranched alkanes of at least 4 members (excludes halogenated alkanes) is 16. The number of phosphoric acid groups is 1. The SMILES string of the molecule is CCCCCCC/C=C/C=C/[C@@H](O)[C@H](COP(=O)(O)OCC[N+](C)(C)C)NC(=O)CCCCCCC/C=C/CCCCCCCC. The first-order chi connectivity index (χ1) is 22.0. The highest BCUT2D eigenvalue weighted by Crippen LogP contribution is 2.43. The van der Waals surface area contributed by atoms with Crippen LogP contribution in [0.5, 0.6) is 0 Å². The fraction of sp³-hybridized carbons (Fsp3) is 0.811. The van der Waals surface area contributed by atoms with Gasteiger partial charge in [0.25, 0.3) is 0 Å². The molecule has 0 aromatic heterocycles. The number of nitrogens with one attached hydrogen (secondary N) is 1. The second kappa shape index (κ2) is 29.8. The second-order valence-electron chi connectivity index (χ2n) is 13.6. The van der Waals surface area contributed by atoms with Crippen molar-refractivity contribution in [3.63, 3.8) is 0 Å². The Balaban J connectivity index is 4.57. The molecule has 0 rings (SSSR count). The summed E-state index contributed by atoms with van der Waals surface area (Å²) in [4.78, 5) is 22.9. The molecule has 270 valence electrons. The van der Waals surface area contributed by atoms with Crippen LogP contribution in [-0.2, 0) is 18.4 Å². The van der Waals surface area contributed by atoms with Crippen LogP contribution in [0.4, 0.5) is 0 Å². The number of hydrogen-bond donors (Lipinski definition) is 3. The molecule has 0 bridgehead atoms. The van der Waals surface area contributed by atoms with Crippen LogP contribution in [0.2, 0.25) is 0 Å². The largest absolute Gasteiger partial charge is 0.472 e. The predicted octanol–water partition coefficient (Wildman–Crippen LogP) is 9.18. The molecule has 1 amide bonds. The maximum Gasteiger partial charge on any atom is 0.472 e. The minimum Gasteiger partial charge on any atom is -0.387 e. The van der Waals surface area contributed by atoms with Gasteiger partial charge in [0.15, 0.2) is 0 Å². The number of nitrogens with zero attached hydrogens (tertiary/aromatic N) is 1. The normalized spacial score (nSPS) is 15.2. The van der Waals surface area contributed by atoms with Gasteiger partial charge >= 0.3 is 7.82 Å². The van der Waals surface area contributed by atoms with Crippen molar-refractivity contribution >= 4 is 13.7 Å². The lowest BCUT2D eigenvalue weighted by Crippen LogP contribution is -2.45. The molecular formula is C37H72N2O6P+. The number of likely N-dealkylation sites (N-methyl/N-ethyl adjacent to an activating group) is 1. The van der Waals surface area contributed by atoms with E-state index in [0.717, 1.165) is 44.9 Å². The van der Waals surface area contributed by atoms with E-state index in [1.54, 1.807) is 12.2 Å². The quantitative estimate of drug-likeness (QED) is 0.0217. The zero-order valence-corrected chi connectivity index (χ0v) is 31.2. The van der Waals surface area contributed by atoms with Gasteiger partial charge in [-0.15, -0.1) is 0 Å². The van der Waals surface area contributed by atoms with Gasteiger partial charge in [-0.1, -0.05) is 127 Å². The van der Waals surface area contributed by atoms with Crippen molar-refractivity contribution in [3.05, 3.63) is 36.5 Å². The Bertz CT molecular complexity index is 855. The van der Waals surface area contributed by atoms with Gasteiger partial charge in [0.2, 0.25) is 5.91 Å². The van der Waals surface area contributed by atoms with E-state index in [0.29, 0.717) is 17.4 Å². The number of carbonyl (C=O) groups is 1. The van der Waals surface area contributed by atoms with Crippen LogP contribution in [-0.4, -0.2) is 73.4 Å². The fourth-order valence-electron chi connectivity index (χ4n) is 4.86. The van der Waals surface area contributed by atoms with Crippen molar-refractivity contribution < 1.29 is 32.9 Å². The van der Waals surface area contributed by atoms with E-state index in [9.17, 15) is 19.4 Å². The minimum absolute atomic E-state index is 0.0511. The average molecular weight is 672 g/mol. The molecule has 0 saturated carbocycles. The molecule has 0 radical (unpaired) electrons. The Labute approximate surface area is 283 Å². The Hall–Kier alpha value is -1.28. The highest BCUT2D eigenvalue weighted by Gasteiger charge is 2.27. The number of rotatable bonds is 32. The van der Waals surface area contributed by atoms with Crippen molar-refractivity contribution in [3.8, 4) is 0 Å². The van der Waals surface area contributed by atoms with E-state index < -0.39 is 20.0 Å². The van der Waals surface area contributed by atoms with Crippen molar-refractivity contribution in [2.75, 3.05) is 40.9 Å². The summed E-state index contributed by atoms with van der Waals surface area (Å²) in [5.41, 5.74) is 0. The number of phosphoric ester groups is 1. The molecule has 9 heteroatoms. The lowest BCUT2D eigenvalue weighted by molar-refractivity contribution is -0.870. The van der Waals surface area contributed by atoms with Gasteiger partial charge in [0.1, 0.15) is 13.2 Å². The van der Waals surface area contributed by atoms with Crippen molar-refractivity contribution in [2.45, 2.75) is 154 Å². The topological polar surface area (TPSA) is 105 Å². The first kappa shape index (κ1) is 44.7. The molecule has 0 aliphatic rings. The van der Waals surface area contributed by atoms with Gasteiger partial charge in [0, 0.05) is 6.42 Å². The van der Waals surface area contributed by atoms with Crippen molar-refractivity contribution in [1.29, 1.82) is 0 Å². The molecule has 0 heterocycles. The van der Waals surface area contributed by atoms with E-state index in [1.165, 1.54) is 77.0 Å². The molecular weight excluding hydrogens is 599 g/mol. The monoisotopic (exact) mass is 672 g/mol. The summed E-state index contributed by atoms with van der Waals surface area (Å²) in [7, 11) is 1.53. The predicted molar refractivity (Wildman–Crippen MR) is 194 cm³/mol. The van der Waals surface area contributed by atoms with Gasteiger partial charge < -0.3 is 19.8 Å². The molecule has 0 spiro atoms. The lowest BCUT2D eigenvalue weighted by atomic mass is 10.1. The van der Waals surface area contributed by atoms with Gasteiger partial charge in [-0.2, -0.15) is 0 Å². The van der Waals surface area contributed by atoms with Crippen LogP contribution in [0.25, 0.3) is 0 Å². The Morgan fingerprint density at radius 1 is 0.739 bits per heavy atom. The number of hydrogen-bond acceptors (Lipinski definition) is 5. The minimum atomic E-state index is -4.34. The molecule has 1 unspecified atom stereocenters. The van der Waals surface area contributed by atoms with E-state index in [2.05, 4.69) is 37.4 Å². The first-order valence-corrected chi connectivity index (χ1v) is 19.9. The summed E-state index contributed by atoms with van der Waals surface area (Å²) >= 11 is 0. The van der Waals surface area contributed by atoms with Crippen LogP contribution in [0.3, 0.4) is 0 Å². The molecule has 0 aliphatic heterocycles. The summed E-state index contributed by atoms with van der Waals surface area (Å²) in [5, 5.41) is 13.6. The van der Waals surface area contributed by atoms with Crippen LogP contribution in [0, 0.1) is 0 Å². The summed E-state index contributed by atoms with van der Waals surface area (Å²) in [5.74, 6) is -0.208. The molecule has 0 fully saturated rings. The van der Waals surface area contributed by atoms with Crippen LogP contribution >= 0.6 is 7.82 Å². The summed E-state index contributed by atoms with van der Waals surface area (Å²) in [6.45, 7) is 4.69. The third-order valence-corrected chi connectivity index (χ3v) is 8.87. The highest BCUT2D eigenvalue weighted by atomic mass is 31.2. The van der Waals surface area contributed by atoms with E-state index in [1.807, 2.05) is 27.2 Å². The second-order valence-corrected chi connectivity index (χ2v) is 15.1. The Kier molecular flexibility index (Phi) is 29.0. The number of allylic oxidation sites excluding steroid dienone is 5. The van der Waals surface area contributed by atoms with Gasteiger partial charge in [-0.05, 0) is 44.9 Å². The summed E-state index contributed by atoms with van der Waals surface area (Å²) < 4.78 is 23.3. The maximum absolute atomic E-state index is 12.7. The third kappa shape index (κ3) is 31.3. The standard InChI is InChI=1S/C37H71N2O6P/c1-6-8-10-12-14-16-17-18-19-20-21-23-25-27-29-31-37(41)38-35(34-45-46(42,43)44-33-32-39(3,4)5)36(40)30-28-26-24-22-15-13-11-9-7-2/h18-19,24,26,28,30,35-36,40H,6-17,20-23,25,27,29,31-34H2,1-5H3,(H-,38,41,42,43)/p+1/b19-18+,26-24+,30-28+/t35-,36+/m0/s1. The number of carbonyl (C=O) groups excluding carboxylic acids is 1. The lowest BCUT2D eigenvalue weighted by Gasteiger charge is -2.25. The van der Waals surface area contributed by atoms with Gasteiger partial charge in [-0.3, -0.25) is 13.8 Å². The molecule has 0 aromatic carbocycles. The van der Waals surface area contributed by atoms with Gasteiger partial charge in [-0.25, -0.2) is 4.57 Å². The molecule has 0 aliphatic carbocycles. The average Bonchev–Trinajstić information content (AvgIpc) is 2.99. The fourth-order valence-corrected chi connectivity index (χ4v) is 5.59. The Morgan fingerprint density at radius 3 is 1.78 bits per heavy atom. The Morgan fingerprint density at radius 2 is 1.24 bits per heavy atom. The summed E-state index contributed by atoms with van der Waals surface area (Å²) in [6.07, 6.45) is 33.7. The van der Waals surface area contributed by atoms with Crippen molar-refractivity contribution in [1.82, 2.24) is 5.32 Å². The highest BCUT2D eigenvalue weighted by molar-refractivity contribution is 7.47. The number of amides is 1. The molecule has 0 saturated heterocycles. The van der Waals surface area contributed by atoms with E-state index in [-0.39, 0.29) is 19.1 Å². The van der Waals surface area contributed by atoms with Crippen LogP contribution in [0.15, 0.2) is 36.5 Å². The van der Waals surface area contributed by atoms with Crippen LogP contribution < -0.4 is 5.32 Å². The number of aliphatic hydroxyl groups excluding tert-OH is 1. The maximum atomic E-state index is 12.7.